The predicted molar refractivity (Wildman–Crippen MR) is 149 cm³/mol. The van der Waals surface area contributed by atoms with Crippen LogP contribution in [0.4, 0.5) is 5.13 Å². The molecule has 0 spiro atoms. The van der Waals surface area contributed by atoms with Crippen LogP contribution < -0.4 is 20.7 Å². The van der Waals surface area contributed by atoms with E-state index in [0.717, 1.165) is 16.2 Å². The zero-order chi connectivity index (χ0) is 29.8. The second-order valence-electron chi connectivity index (χ2n) is 8.96. The number of nitrogens with two attached hydrogens (primary N) is 1. The molecule has 2 aromatic heterocycles. The fourth-order valence-electron chi connectivity index (χ4n) is 4.29. The molecule has 16 heteroatoms. The molecule has 0 aromatic carbocycles. The van der Waals surface area contributed by atoms with Crippen LogP contribution in [0.5, 0.6) is 0 Å². The molecule has 0 radical (unpaired) electrons. The Labute approximate surface area is 248 Å². The van der Waals surface area contributed by atoms with E-state index < -0.39 is 47.5 Å². The summed E-state index contributed by atoms with van der Waals surface area (Å²) in [6, 6.07) is 2.93. The molecule has 2 aliphatic heterocycles. The molecular weight excluding hydrogens is 596 g/mol. The minimum absolute atomic E-state index is 0.00315. The zero-order valence-electron chi connectivity index (χ0n) is 22.0. The van der Waals surface area contributed by atoms with Crippen LogP contribution in [0, 0.1) is 0 Å². The highest BCUT2D eigenvalue weighted by Crippen LogP contribution is 2.41. The van der Waals surface area contributed by atoms with Crippen molar-refractivity contribution >= 4 is 69.3 Å². The first-order valence-electron chi connectivity index (χ1n) is 12.7. The van der Waals surface area contributed by atoms with Gasteiger partial charge in [0.25, 0.3) is 11.8 Å². The van der Waals surface area contributed by atoms with Crippen molar-refractivity contribution in [2.75, 3.05) is 18.1 Å². The van der Waals surface area contributed by atoms with Crippen LogP contribution in [0.3, 0.4) is 0 Å². The van der Waals surface area contributed by atoms with E-state index in [2.05, 4.69) is 15.5 Å². The van der Waals surface area contributed by atoms with Crippen LogP contribution in [0.2, 0.25) is 4.34 Å². The molecule has 0 bridgehead atoms. The quantitative estimate of drug-likeness (QED) is 0.145. The van der Waals surface area contributed by atoms with Crippen LogP contribution >= 0.6 is 34.7 Å². The molecule has 41 heavy (non-hydrogen) atoms. The van der Waals surface area contributed by atoms with Crippen molar-refractivity contribution in [1.29, 1.82) is 0 Å². The standard InChI is InChI=1S/C23H21ClN6O7S2.C2H6/c24-18-14(27-23(25)39-18)15(28-37-8-13(31)32)19(33)26-16-20(34)30-17(22(35)36)12(9-38-21(16)30)7-29-5-3-11(4-6-29)10-1-2-10;1-2/h3-6,10,16,21H,1-2,7-9H2,(H4-,25,26,27,31,32,33,35,36);1-2H3/b28-15-;/t16-,21-;/m1./s1. The number of aliphatic carboxylic acids is 2. The average molecular weight is 623 g/mol. The molecule has 13 nitrogen and oxygen atoms in total. The molecular formula is C25H27ClN6O7S2. The normalized spacial score (nSPS) is 19.9. The molecule has 218 valence electrons. The first-order chi connectivity index (χ1) is 19.6. The first kappa shape index (κ1) is 30.3. The number of carbonyl (C=O) groups excluding carboxylic acids is 3. The number of pyridine rings is 1. The molecule has 4 heterocycles. The lowest BCUT2D eigenvalue weighted by atomic mass is 10.0. The van der Waals surface area contributed by atoms with Crippen molar-refractivity contribution in [2.45, 2.75) is 50.6 Å². The van der Waals surface area contributed by atoms with E-state index >= 15 is 0 Å². The number of aromatic nitrogens is 2. The fraction of sp³-hybridized carbons (Fsp3) is 0.400. The highest BCUT2D eigenvalue weighted by Gasteiger charge is 2.53. The van der Waals surface area contributed by atoms with E-state index in [9.17, 15) is 24.3 Å². The third-order valence-corrected chi connectivity index (χ3v) is 8.67. The number of hydrogen-bond donors (Lipinski definition) is 3. The molecule has 4 N–H and O–H groups in total. The molecule has 2 atom stereocenters. The first-order valence-corrected chi connectivity index (χ1v) is 14.9. The van der Waals surface area contributed by atoms with Crippen molar-refractivity contribution in [1.82, 2.24) is 15.2 Å². The van der Waals surface area contributed by atoms with Gasteiger partial charge in [0.05, 0.1) is 11.7 Å². The van der Waals surface area contributed by atoms with Crippen LogP contribution in [-0.4, -0.2) is 68.2 Å². The van der Waals surface area contributed by atoms with Gasteiger partial charge in [0.15, 0.2) is 29.8 Å². The van der Waals surface area contributed by atoms with Crippen molar-refractivity contribution in [2.24, 2.45) is 5.16 Å². The van der Waals surface area contributed by atoms with Crippen molar-refractivity contribution < 1.29 is 38.8 Å². The lowest BCUT2D eigenvalue weighted by Crippen LogP contribution is -2.71. The number of thiazole rings is 1. The number of fused-ring (bicyclic) bond motifs is 1. The summed E-state index contributed by atoms with van der Waals surface area (Å²) in [4.78, 5) is 58.8. The number of carbonyl (C=O) groups is 4. The molecule has 1 aliphatic carbocycles. The Bertz CT molecular complexity index is 1420. The number of nitrogens with zero attached hydrogens (tertiary/aromatic N) is 4. The summed E-state index contributed by atoms with van der Waals surface area (Å²) >= 11 is 8.25. The van der Waals surface area contributed by atoms with Crippen LogP contribution in [0.15, 0.2) is 41.0 Å². The molecule has 5 rings (SSSR count). The summed E-state index contributed by atoms with van der Waals surface area (Å²) in [7, 11) is 0. The summed E-state index contributed by atoms with van der Waals surface area (Å²) in [6.45, 7) is 3.42. The number of nitrogen functional groups attached to an aromatic ring is 1. The summed E-state index contributed by atoms with van der Waals surface area (Å²) in [6.07, 6.45) is 6.11. The fourth-order valence-corrected chi connectivity index (χ4v) is 6.56. The number of halogens is 1. The van der Waals surface area contributed by atoms with Crippen LogP contribution in [-0.2, 0) is 30.6 Å². The summed E-state index contributed by atoms with van der Waals surface area (Å²) < 4.78 is 1.85. The van der Waals surface area contributed by atoms with Gasteiger partial charge in [0, 0.05) is 23.5 Å². The molecule has 2 aromatic rings. The number of anilines is 1. The van der Waals surface area contributed by atoms with Gasteiger partial charge in [0.2, 0.25) is 6.61 Å². The number of β-lactam (4-membered cyclic amide) rings is 1. The Balaban J connectivity index is 0.00000189. The number of carboxylic acid groups (broad SMARTS) is 2. The highest BCUT2D eigenvalue weighted by molar-refractivity contribution is 8.00. The monoisotopic (exact) mass is 622 g/mol. The number of thioether (sulfide) groups is 1. The topological polar surface area (TPSA) is 191 Å². The predicted octanol–water partition coefficient (Wildman–Crippen LogP) is 0.479. The molecule has 0 unspecified atom stereocenters. The minimum Gasteiger partial charge on any atom is -0.543 e. The van der Waals surface area contributed by atoms with E-state index in [1.54, 1.807) is 0 Å². The van der Waals surface area contributed by atoms with Gasteiger partial charge in [0.1, 0.15) is 21.4 Å². The number of nitrogens with one attached hydrogen (secondary N) is 1. The maximum absolute atomic E-state index is 13.1. The van der Waals surface area contributed by atoms with Gasteiger partial charge < -0.3 is 30.9 Å². The Morgan fingerprint density at radius 2 is 2.00 bits per heavy atom. The van der Waals surface area contributed by atoms with Crippen molar-refractivity contribution in [3.63, 3.8) is 0 Å². The van der Waals surface area contributed by atoms with Crippen LogP contribution in [0.1, 0.15) is 43.9 Å². The molecule has 2 amide bonds. The molecule has 1 saturated heterocycles. The van der Waals surface area contributed by atoms with Gasteiger partial charge >= 0.3 is 5.97 Å². The number of amides is 2. The van der Waals surface area contributed by atoms with Gasteiger partial charge in [-0.15, -0.1) is 11.8 Å². The lowest BCUT2D eigenvalue weighted by Gasteiger charge is -2.50. The summed E-state index contributed by atoms with van der Waals surface area (Å²) in [5.74, 6) is -3.52. The second kappa shape index (κ2) is 12.9. The molecule has 2 fully saturated rings. The third-order valence-electron chi connectivity index (χ3n) is 6.25. The number of hydrogen-bond acceptors (Lipinski definition) is 11. The largest absolute Gasteiger partial charge is 0.543 e. The van der Waals surface area contributed by atoms with Gasteiger partial charge in [-0.3, -0.25) is 14.5 Å². The van der Waals surface area contributed by atoms with Gasteiger partial charge in [-0.25, -0.2) is 14.3 Å². The summed E-state index contributed by atoms with van der Waals surface area (Å²) in [5, 5.41) is 26.3. The maximum atomic E-state index is 13.1. The number of oxime groups is 1. The third kappa shape index (κ3) is 6.63. The Morgan fingerprint density at radius 3 is 2.56 bits per heavy atom. The zero-order valence-corrected chi connectivity index (χ0v) is 24.4. The number of carboxylic acids is 2. The second-order valence-corrected chi connectivity index (χ2v) is 11.7. The Hall–Kier alpha value is -3.69. The van der Waals surface area contributed by atoms with E-state index in [0.29, 0.717) is 17.2 Å². The van der Waals surface area contributed by atoms with Gasteiger partial charge in [-0.2, -0.15) is 0 Å². The van der Waals surface area contributed by atoms with Crippen molar-refractivity contribution in [3.8, 4) is 0 Å². The van der Waals surface area contributed by atoms with Gasteiger partial charge in [-0.05, 0) is 24.3 Å². The van der Waals surface area contributed by atoms with E-state index in [4.69, 9.17) is 27.3 Å². The smallest absolute Gasteiger partial charge is 0.344 e. The molecule has 1 saturated carbocycles. The summed E-state index contributed by atoms with van der Waals surface area (Å²) in [5.41, 5.74) is 6.54. The van der Waals surface area contributed by atoms with Crippen molar-refractivity contribution in [3.05, 3.63) is 51.4 Å². The minimum atomic E-state index is -1.49. The van der Waals surface area contributed by atoms with E-state index in [-0.39, 0.29) is 27.4 Å². The Kier molecular flexibility index (Phi) is 9.50. The highest BCUT2D eigenvalue weighted by atomic mass is 35.5. The van der Waals surface area contributed by atoms with E-state index in [1.807, 2.05) is 42.9 Å². The SMILES string of the molecule is CC.Nc1nc(/C(=N/OCC(=O)O)C(=O)N[C@@H]2C(=O)N3C(C(=O)[O-])=C(C[n+]4ccc(C5CC5)cc4)CS[C@H]23)c(Cl)s1. The van der Waals surface area contributed by atoms with E-state index in [1.165, 1.54) is 30.2 Å². The lowest BCUT2D eigenvalue weighted by molar-refractivity contribution is -0.689. The Morgan fingerprint density at radius 1 is 1.32 bits per heavy atom. The van der Waals surface area contributed by atoms with Crippen LogP contribution in [0.25, 0.3) is 0 Å². The number of rotatable bonds is 10. The average Bonchev–Trinajstić information content (AvgIpc) is 3.74. The van der Waals surface area contributed by atoms with Gasteiger partial charge in [-0.1, -0.05) is 41.9 Å². The molecule has 3 aliphatic rings. The maximum Gasteiger partial charge on any atom is 0.344 e.